The van der Waals surface area contributed by atoms with Gasteiger partial charge in [0.15, 0.2) is 5.82 Å². The van der Waals surface area contributed by atoms with E-state index in [9.17, 15) is 5.11 Å². The molecule has 0 radical (unpaired) electrons. The minimum Gasteiger partial charge on any atom is -0.479 e. The molecule has 2 aliphatic heterocycles. The lowest BCUT2D eigenvalue weighted by molar-refractivity contribution is 0.121. The van der Waals surface area contributed by atoms with Crippen molar-refractivity contribution >= 4 is 11.9 Å². The van der Waals surface area contributed by atoms with Crippen molar-refractivity contribution in [3.8, 4) is 17.4 Å². The van der Waals surface area contributed by atoms with Crippen LogP contribution in [-0.4, -0.2) is 82.6 Å². The van der Waals surface area contributed by atoms with Gasteiger partial charge in [-0.2, -0.15) is 19.9 Å². The van der Waals surface area contributed by atoms with Gasteiger partial charge < -0.3 is 24.4 Å². The lowest BCUT2D eigenvalue weighted by Crippen LogP contribution is -2.40. The summed E-state index contributed by atoms with van der Waals surface area (Å²) in [6.45, 7) is 7.32. The molecule has 0 atom stereocenters. The molecule has 2 aliphatic rings. The van der Waals surface area contributed by atoms with E-state index in [-0.39, 0.29) is 6.01 Å². The van der Waals surface area contributed by atoms with E-state index in [1.165, 1.54) is 0 Å². The highest BCUT2D eigenvalue weighted by atomic mass is 16.5. The molecule has 1 N–H and O–H groups in total. The Hall–Kier alpha value is -2.59. The summed E-state index contributed by atoms with van der Waals surface area (Å²) in [4.78, 5) is 26.0. The van der Waals surface area contributed by atoms with Gasteiger partial charge in [0.1, 0.15) is 0 Å². The summed E-state index contributed by atoms with van der Waals surface area (Å²) < 4.78 is 10.9. The molecule has 0 aliphatic carbocycles. The number of rotatable bonds is 3. The van der Waals surface area contributed by atoms with Crippen molar-refractivity contribution in [2.45, 2.75) is 6.92 Å². The lowest BCUT2D eigenvalue weighted by atomic mass is 10.2. The predicted molar refractivity (Wildman–Crippen MR) is 93.3 cm³/mol. The molecule has 0 unspecified atom stereocenters. The Balaban J connectivity index is 1.76. The van der Waals surface area contributed by atoms with Gasteiger partial charge in [-0.1, -0.05) is 0 Å². The highest BCUT2D eigenvalue weighted by Gasteiger charge is 2.22. The molecule has 0 amide bonds. The summed E-state index contributed by atoms with van der Waals surface area (Å²) in [5.74, 6) is 1.74. The third-order valence-electron chi connectivity index (χ3n) is 4.41. The molecule has 0 bridgehead atoms. The number of aromatic hydroxyl groups is 1. The predicted octanol–water partition coefficient (Wildman–Crippen LogP) is 0.0158. The third-order valence-corrected chi connectivity index (χ3v) is 4.41. The fourth-order valence-corrected chi connectivity index (χ4v) is 2.96. The third kappa shape index (κ3) is 3.51. The minimum absolute atomic E-state index is 0.262. The fourth-order valence-electron chi connectivity index (χ4n) is 2.96. The number of morpholine rings is 2. The first-order valence-electron chi connectivity index (χ1n) is 8.65. The summed E-state index contributed by atoms with van der Waals surface area (Å²) in [6.07, 6.45) is 1.54. The molecule has 4 rings (SSSR count). The summed E-state index contributed by atoms with van der Waals surface area (Å²) >= 11 is 0. The van der Waals surface area contributed by atoms with E-state index in [4.69, 9.17) is 9.47 Å². The van der Waals surface area contributed by atoms with Crippen LogP contribution in [0.4, 0.5) is 11.9 Å². The molecule has 10 heteroatoms. The van der Waals surface area contributed by atoms with Crippen LogP contribution >= 0.6 is 0 Å². The molecule has 4 heterocycles. The highest BCUT2D eigenvalue weighted by Crippen LogP contribution is 2.24. The van der Waals surface area contributed by atoms with Gasteiger partial charge in [-0.05, 0) is 6.92 Å². The van der Waals surface area contributed by atoms with Crippen molar-refractivity contribution in [1.29, 1.82) is 0 Å². The van der Waals surface area contributed by atoms with E-state index in [0.29, 0.717) is 55.4 Å². The molecule has 0 aromatic carbocycles. The maximum absolute atomic E-state index is 9.48. The van der Waals surface area contributed by atoms with Crippen LogP contribution in [0.1, 0.15) is 5.69 Å². The fraction of sp³-hybridized carbons (Fsp3) is 0.562. The van der Waals surface area contributed by atoms with Gasteiger partial charge in [-0.3, -0.25) is 0 Å². The van der Waals surface area contributed by atoms with Gasteiger partial charge in [-0.15, -0.1) is 0 Å². The molecular weight excluding hydrogens is 338 g/mol. The number of hydrogen-bond donors (Lipinski definition) is 1. The molecular formula is C16H21N7O3. The van der Waals surface area contributed by atoms with Crippen molar-refractivity contribution < 1.29 is 14.6 Å². The normalized spacial score (nSPS) is 18.2. The number of aromatic nitrogens is 5. The van der Waals surface area contributed by atoms with Gasteiger partial charge >= 0.3 is 6.01 Å². The second-order valence-corrected chi connectivity index (χ2v) is 6.13. The van der Waals surface area contributed by atoms with Gasteiger partial charge in [0, 0.05) is 32.4 Å². The van der Waals surface area contributed by atoms with Crippen molar-refractivity contribution in [2.24, 2.45) is 0 Å². The number of ether oxygens (including phenoxy) is 2. The van der Waals surface area contributed by atoms with E-state index in [0.717, 1.165) is 26.2 Å². The number of anilines is 2. The number of nitrogens with zero attached hydrogens (tertiary/aromatic N) is 7. The van der Waals surface area contributed by atoms with Crippen LogP contribution in [0.3, 0.4) is 0 Å². The lowest BCUT2D eigenvalue weighted by Gasteiger charge is -2.30. The van der Waals surface area contributed by atoms with Crippen molar-refractivity contribution in [3.63, 3.8) is 0 Å². The molecule has 2 aromatic rings. The molecule has 2 saturated heterocycles. The Morgan fingerprint density at radius 1 is 0.846 bits per heavy atom. The topological polar surface area (TPSA) is 110 Å². The maximum atomic E-state index is 9.48. The first kappa shape index (κ1) is 16.9. The molecule has 10 nitrogen and oxygen atoms in total. The average Bonchev–Trinajstić information content (AvgIpc) is 2.69. The summed E-state index contributed by atoms with van der Waals surface area (Å²) in [5.41, 5.74) is 1.29. The summed E-state index contributed by atoms with van der Waals surface area (Å²) in [6, 6.07) is -0.262. The van der Waals surface area contributed by atoms with Gasteiger partial charge in [0.25, 0.3) is 0 Å². The van der Waals surface area contributed by atoms with Crippen LogP contribution in [-0.2, 0) is 9.47 Å². The van der Waals surface area contributed by atoms with E-state index < -0.39 is 0 Å². The first-order valence-corrected chi connectivity index (χ1v) is 8.65. The SMILES string of the molecule is Cc1nc(O)ncc1-c1nc(N2CCOCC2)nc(N2CCOCC2)n1. The molecule has 2 aromatic heterocycles. The molecule has 26 heavy (non-hydrogen) atoms. The van der Waals surface area contributed by atoms with E-state index in [1.54, 1.807) is 13.1 Å². The van der Waals surface area contributed by atoms with Gasteiger partial charge in [0.05, 0.1) is 37.7 Å². The van der Waals surface area contributed by atoms with Crippen LogP contribution in [0, 0.1) is 6.92 Å². The zero-order valence-corrected chi connectivity index (χ0v) is 14.6. The largest absolute Gasteiger partial charge is 0.479 e. The molecule has 0 saturated carbocycles. The number of hydrogen-bond acceptors (Lipinski definition) is 10. The zero-order valence-electron chi connectivity index (χ0n) is 14.6. The van der Waals surface area contributed by atoms with Crippen LogP contribution in [0.2, 0.25) is 0 Å². The Bertz CT molecular complexity index is 740. The van der Waals surface area contributed by atoms with E-state index in [1.807, 2.05) is 0 Å². The van der Waals surface area contributed by atoms with Crippen molar-refractivity contribution in [2.75, 3.05) is 62.4 Å². The second-order valence-electron chi connectivity index (χ2n) is 6.13. The monoisotopic (exact) mass is 359 g/mol. The van der Waals surface area contributed by atoms with E-state index in [2.05, 4.69) is 34.7 Å². The second kappa shape index (κ2) is 7.34. The maximum Gasteiger partial charge on any atom is 0.314 e. The van der Waals surface area contributed by atoms with Crippen LogP contribution < -0.4 is 9.80 Å². The minimum atomic E-state index is -0.262. The first-order chi connectivity index (χ1) is 12.7. The molecule has 2 fully saturated rings. The van der Waals surface area contributed by atoms with Crippen LogP contribution in [0.5, 0.6) is 6.01 Å². The Morgan fingerprint density at radius 3 is 1.88 bits per heavy atom. The Kier molecular flexibility index (Phi) is 4.76. The average molecular weight is 359 g/mol. The van der Waals surface area contributed by atoms with Crippen LogP contribution in [0.15, 0.2) is 6.20 Å². The van der Waals surface area contributed by atoms with Gasteiger partial charge in [0.2, 0.25) is 11.9 Å². The van der Waals surface area contributed by atoms with Crippen molar-refractivity contribution in [1.82, 2.24) is 24.9 Å². The van der Waals surface area contributed by atoms with Crippen LogP contribution in [0.25, 0.3) is 11.4 Å². The van der Waals surface area contributed by atoms with Crippen molar-refractivity contribution in [3.05, 3.63) is 11.9 Å². The standard InChI is InChI=1S/C16H21N7O3/c1-11-12(10-17-16(24)18-11)13-19-14(22-2-6-25-7-3-22)21-15(20-13)23-4-8-26-9-5-23/h10H,2-9H2,1H3,(H,17,18,24). The molecule has 0 spiro atoms. The highest BCUT2D eigenvalue weighted by molar-refractivity contribution is 5.60. The zero-order chi connectivity index (χ0) is 17.9. The smallest absolute Gasteiger partial charge is 0.314 e. The van der Waals surface area contributed by atoms with E-state index >= 15 is 0 Å². The molecule has 138 valence electrons. The summed E-state index contributed by atoms with van der Waals surface area (Å²) in [7, 11) is 0. The Morgan fingerprint density at radius 2 is 1.38 bits per heavy atom. The Labute approximate surface area is 150 Å². The van der Waals surface area contributed by atoms with Gasteiger partial charge in [-0.25, -0.2) is 4.98 Å². The quantitative estimate of drug-likeness (QED) is 0.805. The summed E-state index contributed by atoms with van der Waals surface area (Å²) in [5, 5.41) is 9.48. The number of aryl methyl sites for hydroxylation is 1.